The quantitative estimate of drug-likeness (QED) is 0.0855. The number of anilines is 2. The van der Waals surface area contributed by atoms with Crippen LogP contribution in [0.4, 0.5) is 42.0 Å². The average Bonchev–Trinajstić information content (AvgIpc) is 3.45. The van der Waals surface area contributed by atoms with Crippen LogP contribution in [-0.4, -0.2) is 22.9 Å². The highest BCUT2D eigenvalue weighted by Crippen LogP contribution is 2.43. The normalized spacial score (nSPS) is 14.6. The summed E-state index contributed by atoms with van der Waals surface area (Å²) in [4.78, 5) is 34.7. The minimum absolute atomic E-state index is 0.0329. The Balaban J connectivity index is 1.46. The molecule has 3 aromatic carbocycles. The van der Waals surface area contributed by atoms with E-state index in [0.29, 0.717) is 34.6 Å². The van der Waals surface area contributed by atoms with Gasteiger partial charge in [-0.1, -0.05) is 54.9 Å². The van der Waals surface area contributed by atoms with Crippen molar-refractivity contribution in [2.75, 3.05) is 10.2 Å². The molecule has 0 bridgehead atoms. The number of halogens is 6. The van der Waals surface area contributed by atoms with Crippen LogP contribution in [-0.2, 0) is 18.9 Å². The molecule has 1 fully saturated rings. The fraction of sp³-hybridized carbons (Fsp3) is 0.290. The molecule has 1 aromatic heterocycles. The van der Waals surface area contributed by atoms with Crippen LogP contribution < -0.4 is 21.5 Å². The van der Waals surface area contributed by atoms with Gasteiger partial charge >= 0.3 is 18.4 Å². The zero-order valence-corrected chi connectivity index (χ0v) is 25.3. The predicted octanol–water partition coefficient (Wildman–Crippen LogP) is 7.29. The first-order valence-corrected chi connectivity index (χ1v) is 15.2. The highest BCUT2D eigenvalue weighted by Gasteiger charge is 2.39. The van der Waals surface area contributed by atoms with Crippen molar-refractivity contribution in [2.24, 2.45) is 15.8 Å². The van der Waals surface area contributed by atoms with Crippen LogP contribution in [0.3, 0.4) is 0 Å². The number of rotatable bonds is 6. The third kappa shape index (κ3) is 7.93. The van der Waals surface area contributed by atoms with Gasteiger partial charge in [-0.25, -0.2) is 9.78 Å². The molecule has 0 aliphatic heterocycles. The van der Waals surface area contributed by atoms with Gasteiger partial charge in [-0.05, 0) is 66.3 Å². The molecule has 0 unspecified atom stereocenters. The number of thiazole rings is 1. The number of guanidine groups is 1. The molecule has 1 saturated carbocycles. The minimum atomic E-state index is -5.09. The highest BCUT2D eigenvalue weighted by molar-refractivity contribution is 7.22. The van der Waals surface area contributed by atoms with Crippen molar-refractivity contribution in [3.8, 4) is 0 Å². The van der Waals surface area contributed by atoms with E-state index < -0.39 is 51.6 Å². The summed E-state index contributed by atoms with van der Waals surface area (Å²) in [6.07, 6.45) is -4.59. The van der Waals surface area contributed by atoms with Gasteiger partial charge in [0.15, 0.2) is 5.13 Å². The van der Waals surface area contributed by atoms with Crippen LogP contribution in [0.2, 0.25) is 0 Å². The van der Waals surface area contributed by atoms with Crippen molar-refractivity contribution in [1.29, 1.82) is 0 Å². The summed E-state index contributed by atoms with van der Waals surface area (Å²) in [5.74, 6) is -0.717. The van der Waals surface area contributed by atoms with Crippen molar-refractivity contribution in [2.45, 2.75) is 56.9 Å². The number of nitrogens with zero attached hydrogens (tertiary/aromatic N) is 4. The lowest BCUT2D eigenvalue weighted by molar-refractivity contribution is -0.207. The number of urea groups is 1. The summed E-state index contributed by atoms with van der Waals surface area (Å²) >= 11 is 0.417. The van der Waals surface area contributed by atoms with Crippen molar-refractivity contribution >= 4 is 50.3 Å². The monoisotopic (exact) mass is 676 g/mol. The zero-order valence-electron chi connectivity index (χ0n) is 24.5. The Hall–Kier alpha value is -4.86. The molecule has 0 radical (unpaired) electrons. The second-order valence-electron chi connectivity index (χ2n) is 10.9. The van der Waals surface area contributed by atoms with Crippen LogP contribution in [0.1, 0.15) is 70.6 Å². The van der Waals surface area contributed by atoms with E-state index in [0.717, 1.165) is 31.2 Å². The van der Waals surface area contributed by atoms with E-state index in [1.807, 2.05) is 12.1 Å². The maximum Gasteiger partial charge on any atom is 0.417 e. The van der Waals surface area contributed by atoms with Gasteiger partial charge < -0.3 is 5.73 Å². The SMILES string of the molecule is NC(N=[NH2+])=NC(=O)c1ccc(CN(C(=O)Nc2nc3cc(C(F)(F)F)cc(C(F)(F)F)c3s2)c2ccc(C3CCCCC3)cc2)cc1. The molecule has 9 nitrogen and oxygen atoms in total. The second kappa shape index (κ2) is 13.5. The summed E-state index contributed by atoms with van der Waals surface area (Å²) in [5, 5.41) is 5.27. The van der Waals surface area contributed by atoms with Gasteiger partial charge in [0.25, 0.3) is 11.9 Å². The molecule has 16 heteroatoms. The van der Waals surface area contributed by atoms with Crippen molar-refractivity contribution < 1.29 is 41.5 Å². The number of hydrogen-bond acceptors (Lipinski definition) is 4. The summed E-state index contributed by atoms with van der Waals surface area (Å²) < 4.78 is 80.8. The van der Waals surface area contributed by atoms with Crippen molar-refractivity contribution in [1.82, 2.24) is 4.98 Å². The number of hydrogen-bond donors (Lipinski definition) is 3. The Bertz CT molecular complexity index is 1810. The van der Waals surface area contributed by atoms with Gasteiger partial charge in [0, 0.05) is 16.4 Å². The smallest absolute Gasteiger partial charge is 0.363 e. The molecule has 4 aromatic rings. The number of carbonyl (C=O) groups is 2. The molecule has 0 spiro atoms. The number of aliphatic imine (C=N–C) groups is 1. The highest BCUT2D eigenvalue weighted by atomic mass is 32.1. The second-order valence-corrected chi connectivity index (χ2v) is 11.9. The zero-order chi connectivity index (χ0) is 33.9. The van der Waals surface area contributed by atoms with Crippen molar-refractivity contribution in [3.05, 3.63) is 88.5 Å². The maximum atomic E-state index is 13.7. The van der Waals surface area contributed by atoms with Crippen molar-refractivity contribution in [3.63, 3.8) is 0 Å². The summed E-state index contributed by atoms with van der Waals surface area (Å²) in [6, 6.07) is 13.2. The van der Waals surface area contributed by atoms with Gasteiger partial charge in [-0.2, -0.15) is 31.3 Å². The Morgan fingerprint density at radius 2 is 1.62 bits per heavy atom. The molecule has 1 aliphatic carbocycles. The lowest BCUT2D eigenvalue weighted by Gasteiger charge is -2.25. The molecule has 5 N–H and O–H groups in total. The third-order valence-corrected chi connectivity index (χ3v) is 8.77. The number of nitrogens with two attached hydrogens (primary N) is 2. The van der Waals surface area contributed by atoms with E-state index in [2.05, 4.69) is 20.4 Å². The first-order chi connectivity index (χ1) is 22.2. The van der Waals surface area contributed by atoms with Gasteiger partial charge in [0.05, 0.1) is 27.9 Å². The minimum Gasteiger partial charge on any atom is -0.363 e. The first kappa shape index (κ1) is 33.5. The van der Waals surface area contributed by atoms with Gasteiger partial charge in [-0.15, -0.1) is 5.53 Å². The molecule has 246 valence electrons. The Labute approximate surface area is 268 Å². The number of aromatic nitrogens is 1. The number of fused-ring (bicyclic) bond motifs is 1. The number of nitrogens with one attached hydrogen (secondary N) is 1. The van der Waals surface area contributed by atoms with E-state index in [1.165, 1.54) is 23.5 Å². The fourth-order valence-electron chi connectivity index (χ4n) is 5.39. The third-order valence-electron chi connectivity index (χ3n) is 7.75. The molecule has 0 atom stereocenters. The molecule has 1 aliphatic rings. The largest absolute Gasteiger partial charge is 0.417 e. The van der Waals surface area contributed by atoms with Crippen LogP contribution >= 0.6 is 11.3 Å². The Kier molecular flexibility index (Phi) is 9.60. The molecule has 5 rings (SSSR count). The number of amides is 3. The molecular formula is C31H28F6N7O2S+. The number of alkyl halides is 6. The van der Waals surface area contributed by atoms with E-state index in [9.17, 15) is 35.9 Å². The van der Waals surface area contributed by atoms with E-state index in [1.54, 1.807) is 24.3 Å². The summed E-state index contributed by atoms with van der Waals surface area (Å²) in [7, 11) is 0. The fourth-order valence-corrected chi connectivity index (χ4v) is 6.36. The molecule has 47 heavy (non-hydrogen) atoms. The van der Waals surface area contributed by atoms with Gasteiger partial charge in [0.1, 0.15) is 0 Å². The molecule has 3 amide bonds. The summed E-state index contributed by atoms with van der Waals surface area (Å²) in [6.45, 7) is -0.0520. The van der Waals surface area contributed by atoms with Crippen LogP contribution in [0.25, 0.3) is 10.2 Å². The molecular weight excluding hydrogens is 648 g/mol. The van der Waals surface area contributed by atoms with Crippen LogP contribution in [0.5, 0.6) is 0 Å². The van der Waals surface area contributed by atoms with Gasteiger partial charge in [-0.3, -0.25) is 15.0 Å². The lowest BCUT2D eigenvalue weighted by atomic mass is 9.84. The molecule has 1 heterocycles. The van der Waals surface area contributed by atoms with E-state index in [4.69, 9.17) is 11.3 Å². The predicted molar refractivity (Wildman–Crippen MR) is 164 cm³/mol. The number of benzene rings is 3. The standard InChI is InChI=1S/C31H27F6N7O2S/c32-30(33,34)21-14-23(31(35,36)37)25-24(15-21)40-28(47-25)42-29(46)44(22-12-10-19(11-13-22)18-4-2-1-3-5-18)16-17-6-8-20(9-7-17)26(45)41-27(38)43-39/h6-15,18,39H,1-5,16H2,(H2,38,41,45)(H,40,42,46)/p+1. The topological polar surface area (TPSA) is 139 Å². The van der Waals surface area contributed by atoms with E-state index >= 15 is 0 Å². The number of carbonyl (C=O) groups excluding carboxylic acids is 2. The van der Waals surface area contributed by atoms with E-state index in [-0.39, 0.29) is 23.3 Å². The first-order valence-electron chi connectivity index (χ1n) is 14.4. The van der Waals surface area contributed by atoms with Gasteiger partial charge in [0.2, 0.25) is 0 Å². The lowest BCUT2D eigenvalue weighted by Crippen LogP contribution is -2.34. The van der Waals surface area contributed by atoms with Crippen LogP contribution in [0.15, 0.2) is 70.8 Å². The summed E-state index contributed by atoms with van der Waals surface area (Å²) in [5.41, 5.74) is 9.13. The maximum absolute atomic E-state index is 13.7. The molecule has 0 saturated heterocycles. The Morgan fingerprint density at radius 3 is 2.21 bits per heavy atom. The average molecular weight is 677 g/mol. The van der Waals surface area contributed by atoms with Crippen LogP contribution in [0, 0.1) is 0 Å². The Morgan fingerprint density at radius 1 is 0.957 bits per heavy atom.